The Bertz CT molecular complexity index is 724. The number of imide groups is 1. The zero-order chi connectivity index (χ0) is 15.7. The summed E-state index contributed by atoms with van der Waals surface area (Å²) in [6.07, 6.45) is 8.35. The molecule has 0 spiro atoms. The van der Waals surface area contributed by atoms with E-state index < -0.39 is 5.91 Å². The minimum absolute atomic E-state index is 0.161. The van der Waals surface area contributed by atoms with Gasteiger partial charge >= 0.3 is 0 Å². The molecule has 4 aliphatic carbocycles. The lowest BCUT2D eigenvalue weighted by molar-refractivity contribution is -0.143. The summed E-state index contributed by atoms with van der Waals surface area (Å²) < 4.78 is 0. The highest BCUT2D eigenvalue weighted by Gasteiger charge is 2.67. The summed E-state index contributed by atoms with van der Waals surface area (Å²) in [4.78, 5) is 41.5. The first-order valence-electron chi connectivity index (χ1n) is 7.94. The van der Waals surface area contributed by atoms with Crippen LogP contribution in [-0.2, 0) is 9.59 Å². The number of amides is 3. The molecule has 0 unspecified atom stereocenters. The molecule has 2 heterocycles. The zero-order valence-corrected chi connectivity index (χ0v) is 12.3. The van der Waals surface area contributed by atoms with Gasteiger partial charge in [-0.2, -0.15) is 5.01 Å². The van der Waals surface area contributed by atoms with Crippen LogP contribution in [0.1, 0.15) is 16.8 Å². The summed E-state index contributed by atoms with van der Waals surface area (Å²) in [5, 5.41) is 0.954. The van der Waals surface area contributed by atoms with Crippen LogP contribution in [0.15, 0.2) is 36.7 Å². The summed E-state index contributed by atoms with van der Waals surface area (Å²) in [6.45, 7) is 0. The molecule has 116 valence electrons. The van der Waals surface area contributed by atoms with Gasteiger partial charge < -0.3 is 0 Å². The van der Waals surface area contributed by atoms with Crippen LogP contribution in [0.25, 0.3) is 0 Å². The maximum atomic E-state index is 12.7. The third kappa shape index (κ3) is 1.63. The first kappa shape index (κ1) is 13.0. The second kappa shape index (κ2) is 4.28. The predicted molar refractivity (Wildman–Crippen MR) is 78.3 cm³/mol. The summed E-state index contributed by atoms with van der Waals surface area (Å²) in [5.41, 5.74) is 2.86. The second-order valence-corrected chi connectivity index (χ2v) is 6.84. The maximum Gasteiger partial charge on any atom is 0.270 e. The lowest BCUT2D eigenvalue weighted by Crippen LogP contribution is -2.46. The van der Waals surface area contributed by atoms with Crippen LogP contribution in [0.2, 0.25) is 0 Å². The van der Waals surface area contributed by atoms with Gasteiger partial charge in [-0.1, -0.05) is 12.2 Å². The number of pyridine rings is 1. The number of hydrazine groups is 1. The van der Waals surface area contributed by atoms with Gasteiger partial charge in [0, 0.05) is 18.0 Å². The van der Waals surface area contributed by atoms with Gasteiger partial charge in [-0.3, -0.25) is 24.8 Å². The molecule has 5 aliphatic rings. The summed E-state index contributed by atoms with van der Waals surface area (Å²) in [5.74, 6) is -0.128. The molecular weight excluding hydrogens is 294 g/mol. The zero-order valence-electron chi connectivity index (χ0n) is 12.3. The largest absolute Gasteiger partial charge is 0.272 e. The van der Waals surface area contributed by atoms with Crippen LogP contribution in [0.5, 0.6) is 0 Å². The fraction of sp³-hybridized carbons (Fsp3) is 0.412. The number of rotatable bonds is 2. The molecule has 3 fully saturated rings. The van der Waals surface area contributed by atoms with E-state index in [-0.39, 0.29) is 35.5 Å². The SMILES string of the molecule is O=C(NN1C(=O)[C@@H]2[C@H]3C=C[C@H]([C@@H]4C[C@H]34)[C@@H]2C1=O)c1ccncc1. The van der Waals surface area contributed by atoms with Crippen LogP contribution in [0.3, 0.4) is 0 Å². The molecule has 0 aromatic carbocycles. The average molecular weight is 309 g/mol. The standard InChI is InChI=1S/C17H15N3O3/c21-15(8-3-5-18-6-4-8)19-20-16(22)13-9-1-2-10(12-7-11(9)12)14(13)17(20)23/h1-6,9-14H,7H2,(H,19,21)/t9-,10+,11+,12-,13+,14-. The van der Waals surface area contributed by atoms with Crippen LogP contribution >= 0.6 is 0 Å². The Hall–Kier alpha value is -2.50. The monoisotopic (exact) mass is 309 g/mol. The molecule has 1 aromatic heterocycles. The summed E-state index contributed by atoms with van der Waals surface area (Å²) >= 11 is 0. The summed E-state index contributed by atoms with van der Waals surface area (Å²) in [7, 11) is 0. The van der Waals surface area contributed by atoms with E-state index in [1.165, 1.54) is 12.4 Å². The highest BCUT2D eigenvalue weighted by Crippen LogP contribution is 2.65. The van der Waals surface area contributed by atoms with E-state index in [2.05, 4.69) is 22.6 Å². The molecule has 23 heavy (non-hydrogen) atoms. The first-order valence-corrected chi connectivity index (χ1v) is 7.94. The van der Waals surface area contributed by atoms with E-state index in [9.17, 15) is 14.4 Å². The van der Waals surface area contributed by atoms with Gasteiger partial charge in [0.05, 0.1) is 11.8 Å². The smallest absolute Gasteiger partial charge is 0.270 e. The minimum Gasteiger partial charge on any atom is -0.272 e. The molecule has 0 radical (unpaired) electrons. The minimum atomic E-state index is -0.460. The van der Waals surface area contributed by atoms with Gasteiger partial charge in [0.15, 0.2) is 0 Å². The van der Waals surface area contributed by atoms with Crippen molar-refractivity contribution in [3.8, 4) is 0 Å². The van der Waals surface area contributed by atoms with E-state index in [4.69, 9.17) is 0 Å². The van der Waals surface area contributed by atoms with Crippen molar-refractivity contribution in [2.45, 2.75) is 6.42 Å². The number of allylic oxidation sites excluding steroid dienone is 2. The topological polar surface area (TPSA) is 79.4 Å². The lowest BCUT2D eigenvalue weighted by Gasteiger charge is -2.37. The van der Waals surface area contributed by atoms with Gasteiger partial charge in [-0.15, -0.1) is 0 Å². The molecule has 1 aliphatic heterocycles. The van der Waals surface area contributed by atoms with Crippen molar-refractivity contribution in [2.24, 2.45) is 35.5 Å². The molecule has 3 amide bonds. The van der Waals surface area contributed by atoms with E-state index in [0.29, 0.717) is 17.4 Å². The quantitative estimate of drug-likeness (QED) is 0.647. The average Bonchev–Trinajstić information content (AvgIpc) is 3.37. The van der Waals surface area contributed by atoms with Crippen LogP contribution in [-0.4, -0.2) is 27.7 Å². The molecule has 2 saturated carbocycles. The van der Waals surface area contributed by atoms with Crippen molar-refractivity contribution in [1.29, 1.82) is 0 Å². The maximum absolute atomic E-state index is 12.7. The van der Waals surface area contributed by atoms with Crippen molar-refractivity contribution in [3.05, 3.63) is 42.2 Å². The van der Waals surface area contributed by atoms with Gasteiger partial charge in [-0.25, -0.2) is 0 Å². The first-order chi connectivity index (χ1) is 11.2. The highest BCUT2D eigenvalue weighted by atomic mass is 16.2. The second-order valence-electron chi connectivity index (χ2n) is 6.84. The Morgan fingerprint density at radius 1 is 1.04 bits per heavy atom. The fourth-order valence-electron chi connectivity index (χ4n) is 4.74. The Balaban J connectivity index is 1.42. The molecule has 1 aromatic rings. The number of carbonyl (C=O) groups is 3. The third-order valence-electron chi connectivity index (χ3n) is 5.82. The highest BCUT2D eigenvalue weighted by molar-refractivity contribution is 6.08. The number of hydrogen-bond acceptors (Lipinski definition) is 4. The van der Waals surface area contributed by atoms with Crippen molar-refractivity contribution < 1.29 is 14.4 Å². The van der Waals surface area contributed by atoms with Crippen LogP contribution in [0.4, 0.5) is 0 Å². The van der Waals surface area contributed by atoms with E-state index >= 15 is 0 Å². The van der Waals surface area contributed by atoms with Gasteiger partial charge in [0.25, 0.3) is 17.7 Å². The van der Waals surface area contributed by atoms with E-state index in [0.717, 1.165) is 11.4 Å². The Labute approximate surface area is 132 Å². The van der Waals surface area contributed by atoms with Gasteiger partial charge in [-0.05, 0) is 42.2 Å². The van der Waals surface area contributed by atoms with E-state index in [1.54, 1.807) is 12.1 Å². The van der Waals surface area contributed by atoms with Crippen LogP contribution < -0.4 is 5.43 Å². The van der Waals surface area contributed by atoms with Crippen LogP contribution in [0, 0.1) is 35.5 Å². The number of hydrogen-bond donors (Lipinski definition) is 1. The molecule has 1 N–H and O–H groups in total. The molecule has 6 heteroatoms. The Morgan fingerprint density at radius 3 is 2.17 bits per heavy atom. The normalized spacial score (nSPS) is 39.2. The third-order valence-corrected chi connectivity index (χ3v) is 5.82. The Morgan fingerprint density at radius 2 is 1.61 bits per heavy atom. The number of nitrogens with one attached hydrogen (secondary N) is 1. The van der Waals surface area contributed by atoms with Crippen molar-refractivity contribution >= 4 is 17.7 Å². The number of aromatic nitrogens is 1. The molecular formula is C17H15N3O3. The van der Waals surface area contributed by atoms with Crippen molar-refractivity contribution in [3.63, 3.8) is 0 Å². The molecule has 6 atom stereocenters. The number of carbonyl (C=O) groups excluding carboxylic acids is 3. The van der Waals surface area contributed by atoms with Gasteiger partial charge in [0.1, 0.15) is 0 Å². The number of nitrogens with zero attached hydrogens (tertiary/aromatic N) is 2. The molecule has 2 bridgehead atoms. The fourth-order valence-corrected chi connectivity index (χ4v) is 4.74. The molecule has 6 nitrogen and oxygen atoms in total. The summed E-state index contributed by atoms with van der Waals surface area (Å²) in [6, 6.07) is 3.10. The molecule has 1 saturated heterocycles. The Kier molecular flexibility index (Phi) is 2.42. The van der Waals surface area contributed by atoms with Crippen molar-refractivity contribution in [1.82, 2.24) is 15.4 Å². The lowest BCUT2D eigenvalue weighted by atomic mass is 9.63. The molecule has 6 rings (SSSR count). The predicted octanol–water partition coefficient (Wildman–Crippen LogP) is 0.779. The van der Waals surface area contributed by atoms with Gasteiger partial charge in [0.2, 0.25) is 0 Å². The van der Waals surface area contributed by atoms with Crippen molar-refractivity contribution in [2.75, 3.05) is 0 Å². The van der Waals surface area contributed by atoms with E-state index in [1.807, 2.05) is 0 Å².